The molecule has 0 amide bonds. The summed E-state index contributed by atoms with van der Waals surface area (Å²) in [5.41, 5.74) is 0.992. The van der Waals surface area contributed by atoms with E-state index < -0.39 is 0 Å². The zero-order valence-electron chi connectivity index (χ0n) is 20.7. The Morgan fingerprint density at radius 3 is 2.26 bits per heavy atom. The van der Waals surface area contributed by atoms with Crippen LogP contribution in [0.3, 0.4) is 0 Å². The Morgan fingerprint density at radius 1 is 0.829 bits per heavy atom. The van der Waals surface area contributed by atoms with Crippen molar-refractivity contribution >= 4 is 23.3 Å². The maximum absolute atomic E-state index is 13.3. The average Bonchev–Trinajstić information content (AvgIpc) is 3.18. The summed E-state index contributed by atoms with van der Waals surface area (Å²) in [6, 6.07) is 20.4. The van der Waals surface area contributed by atoms with E-state index in [1.807, 2.05) is 42.1 Å². The molecule has 2 aromatic rings. The molecule has 0 saturated heterocycles. The minimum absolute atomic E-state index is 0.0522. The number of para-hydroxylation sites is 1. The second-order valence-corrected chi connectivity index (χ2v) is 12.8. The van der Waals surface area contributed by atoms with Gasteiger partial charge in [0.2, 0.25) is 0 Å². The molecule has 35 heavy (non-hydrogen) atoms. The fraction of sp³-hybridized carbons (Fsp3) is 0.484. The minimum Gasteiger partial charge on any atom is -0.454 e. The van der Waals surface area contributed by atoms with Gasteiger partial charge in [0.15, 0.2) is 11.5 Å². The van der Waals surface area contributed by atoms with Gasteiger partial charge in [-0.1, -0.05) is 50.2 Å². The highest BCUT2D eigenvalue weighted by atomic mass is 32.2. The van der Waals surface area contributed by atoms with E-state index in [0.717, 1.165) is 44.3 Å². The van der Waals surface area contributed by atoms with Gasteiger partial charge in [-0.2, -0.15) is 0 Å². The van der Waals surface area contributed by atoms with E-state index >= 15 is 0 Å². The van der Waals surface area contributed by atoms with Crippen LogP contribution in [0.1, 0.15) is 58.8 Å². The third-order valence-corrected chi connectivity index (χ3v) is 11.1. The van der Waals surface area contributed by atoms with Crippen LogP contribution in [0.4, 0.5) is 0 Å². The molecule has 0 aromatic heterocycles. The smallest absolute Gasteiger partial charge is 0.198 e. The van der Waals surface area contributed by atoms with Gasteiger partial charge in [-0.15, -0.1) is 11.8 Å². The van der Waals surface area contributed by atoms with Crippen LogP contribution < -0.4 is 4.74 Å². The van der Waals surface area contributed by atoms with Gasteiger partial charge in [-0.05, 0) is 85.1 Å². The highest BCUT2D eigenvalue weighted by Gasteiger charge is 2.62. The summed E-state index contributed by atoms with van der Waals surface area (Å²) in [4.78, 5) is 27.6. The predicted molar refractivity (Wildman–Crippen MR) is 139 cm³/mol. The fourth-order valence-corrected chi connectivity index (χ4v) is 9.34. The number of fused-ring (bicyclic) bond motifs is 5. The molecule has 4 heteroatoms. The highest BCUT2D eigenvalue weighted by Crippen LogP contribution is 2.67. The minimum atomic E-state index is -0.178. The van der Waals surface area contributed by atoms with E-state index in [2.05, 4.69) is 44.2 Å². The molecule has 182 valence electrons. The number of benzene rings is 2. The molecule has 0 unspecified atom stereocenters. The molecule has 3 saturated carbocycles. The Hall–Kier alpha value is -2.33. The molecule has 0 spiro atoms. The van der Waals surface area contributed by atoms with Crippen LogP contribution in [0.5, 0.6) is 5.75 Å². The summed E-state index contributed by atoms with van der Waals surface area (Å²) in [6.45, 7) is 4.64. The van der Waals surface area contributed by atoms with Gasteiger partial charge in [-0.25, -0.2) is 0 Å². The number of allylic oxidation sites excluding steroid dienone is 1. The fourth-order valence-electron chi connectivity index (χ4n) is 7.89. The summed E-state index contributed by atoms with van der Waals surface area (Å²) >= 11 is 1.95. The van der Waals surface area contributed by atoms with Crippen LogP contribution in [0, 0.1) is 28.6 Å². The lowest BCUT2D eigenvalue weighted by molar-refractivity contribution is -0.132. The van der Waals surface area contributed by atoms with Crippen molar-refractivity contribution in [1.29, 1.82) is 0 Å². The molecule has 2 aromatic carbocycles. The van der Waals surface area contributed by atoms with Crippen LogP contribution in [0.2, 0.25) is 0 Å². The van der Waals surface area contributed by atoms with Crippen LogP contribution >= 0.6 is 11.8 Å². The number of hydrogen-bond acceptors (Lipinski definition) is 4. The number of Topliss-reactive ketones (excluding diaryl/α,β-unsaturated/α-hetero) is 2. The van der Waals surface area contributed by atoms with Crippen LogP contribution in [0.25, 0.3) is 0 Å². The van der Waals surface area contributed by atoms with Gasteiger partial charge in [-0.3, -0.25) is 9.59 Å². The monoisotopic (exact) mass is 486 g/mol. The lowest BCUT2D eigenvalue weighted by Crippen LogP contribution is -2.55. The molecule has 0 aliphatic heterocycles. The third kappa shape index (κ3) is 3.71. The SMILES string of the molecule is C[C@]12CCC(=O)C(Oc3ccccc3)=C1C[C@@H](Sc1ccccc1)[C@@H]1[C@@H]2CC[C@]2(C)C(=O)CC[C@@H]12. The van der Waals surface area contributed by atoms with Crippen LogP contribution in [-0.4, -0.2) is 16.8 Å². The molecular weight excluding hydrogens is 452 g/mol. The molecule has 0 radical (unpaired) electrons. The van der Waals surface area contributed by atoms with Gasteiger partial charge in [0.05, 0.1) is 0 Å². The van der Waals surface area contributed by atoms with E-state index in [-0.39, 0.29) is 16.6 Å². The Labute approximate surface area is 212 Å². The molecule has 3 fully saturated rings. The summed E-state index contributed by atoms with van der Waals surface area (Å²) in [6.07, 6.45) is 6.07. The zero-order valence-corrected chi connectivity index (χ0v) is 21.5. The standard InChI is InChI=1S/C31H34O3S/c1-30-18-16-25(32)29(34-20-9-5-3-6-10-20)24(30)19-26(35-21-11-7-4-8-12-21)28-22-13-14-27(33)31(22,2)17-15-23(28)30/h3-12,22-23,26,28H,13-19H2,1-2H3/t22-,23-,26+,28-,30+,31-/m0/s1. The molecule has 0 N–H and O–H groups in total. The molecule has 0 heterocycles. The normalized spacial score (nSPS) is 36.4. The number of ketones is 2. The highest BCUT2D eigenvalue weighted by molar-refractivity contribution is 8.00. The number of carbonyl (C=O) groups excluding carboxylic acids is 2. The van der Waals surface area contributed by atoms with Crippen molar-refractivity contribution in [1.82, 2.24) is 0 Å². The van der Waals surface area contributed by atoms with Crippen molar-refractivity contribution in [3.63, 3.8) is 0 Å². The van der Waals surface area contributed by atoms with Gasteiger partial charge in [0, 0.05) is 28.4 Å². The second-order valence-electron chi connectivity index (χ2n) is 11.4. The second kappa shape index (κ2) is 8.65. The predicted octanol–water partition coefficient (Wildman–Crippen LogP) is 7.26. The number of carbonyl (C=O) groups is 2. The van der Waals surface area contributed by atoms with Crippen molar-refractivity contribution in [2.75, 3.05) is 0 Å². The Balaban J connectivity index is 1.45. The Morgan fingerprint density at radius 2 is 1.51 bits per heavy atom. The van der Waals surface area contributed by atoms with Gasteiger partial charge < -0.3 is 4.74 Å². The van der Waals surface area contributed by atoms with Gasteiger partial charge in [0.25, 0.3) is 0 Å². The van der Waals surface area contributed by atoms with E-state index in [9.17, 15) is 9.59 Å². The topological polar surface area (TPSA) is 43.4 Å². The molecular formula is C31H34O3S. The molecule has 4 aliphatic carbocycles. The van der Waals surface area contributed by atoms with Gasteiger partial charge >= 0.3 is 0 Å². The zero-order chi connectivity index (χ0) is 24.2. The maximum Gasteiger partial charge on any atom is 0.198 e. The van der Waals surface area contributed by atoms with Gasteiger partial charge in [0.1, 0.15) is 11.5 Å². The summed E-state index contributed by atoms with van der Waals surface area (Å²) in [7, 11) is 0. The Kier molecular flexibility index (Phi) is 5.71. The van der Waals surface area contributed by atoms with Crippen molar-refractivity contribution in [3.8, 4) is 5.75 Å². The molecule has 6 rings (SSSR count). The first kappa shape index (κ1) is 23.1. The number of rotatable bonds is 4. The third-order valence-electron chi connectivity index (χ3n) is 9.78. The van der Waals surface area contributed by atoms with Crippen molar-refractivity contribution in [2.24, 2.45) is 28.6 Å². The van der Waals surface area contributed by atoms with Crippen molar-refractivity contribution in [2.45, 2.75) is 68.9 Å². The molecule has 6 atom stereocenters. The summed E-state index contributed by atoms with van der Waals surface area (Å²) in [5.74, 6) is 3.33. The first-order valence-electron chi connectivity index (χ1n) is 13.1. The number of ether oxygens (including phenoxy) is 1. The number of thioether (sulfide) groups is 1. The lowest BCUT2D eigenvalue weighted by Gasteiger charge is -2.59. The molecule has 3 nitrogen and oxygen atoms in total. The van der Waals surface area contributed by atoms with E-state index in [4.69, 9.17) is 4.74 Å². The van der Waals surface area contributed by atoms with E-state index in [1.165, 1.54) is 10.5 Å². The van der Waals surface area contributed by atoms with Crippen LogP contribution in [0.15, 0.2) is 76.9 Å². The quantitative estimate of drug-likeness (QED) is 0.456. The first-order chi connectivity index (χ1) is 16.9. The van der Waals surface area contributed by atoms with Crippen molar-refractivity contribution in [3.05, 3.63) is 72.0 Å². The lowest BCUT2D eigenvalue weighted by atomic mass is 9.47. The maximum atomic E-state index is 13.3. The van der Waals surface area contributed by atoms with Crippen LogP contribution in [-0.2, 0) is 9.59 Å². The summed E-state index contributed by atoms with van der Waals surface area (Å²) in [5, 5.41) is 0.335. The number of hydrogen-bond donors (Lipinski definition) is 0. The molecule has 4 aliphatic rings. The Bertz CT molecular complexity index is 1170. The summed E-state index contributed by atoms with van der Waals surface area (Å²) < 4.78 is 6.37. The largest absolute Gasteiger partial charge is 0.454 e. The average molecular weight is 487 g/mol. The van der Waals surface area contributed by atoms with E-state index in [0.29, 0.717) is 41.0 Å². The van der Waals surface area contributed by atoms with E-state index in [1.54, 1.807) is 0 Å². The first-order valence-corrected chi connectivity index (χ1v) is 14.0. The molecule has 0 bridgehead atoms. The van der Waals surface area contributed by atoms with Crippen molar-refractivity contribution < 1.29 is 14.3 Å².